The lowest BCUT2D eigenvalue weighted by molar-refractivity contribution is 0.185. The van der Waals surface area contributed by atoms with Crippen molar-refractivity contribution in [2.45, 2.75) is 59.0 Å². The zero-order valence-electron chi connectivity index (χ0n) is 10.9. The Morgan fingerprint density at radius 3 is 2.33 bits per heavy atom. The lowest BCUT2D eigenvalue weighted by atomic mass is 10.1. The van der Waals surface area contributed by atoms with Gasteiger partial charge in [0.2, 0.25) is 0 Å². The first-order valence-electron chi connectivity index (χ1n) is 6.64. The summed E-state index contributed by atoms with van der Waals surface area (Å²) < 4.78 is 0. The van der Waals surface area contributed by atoms with Gasteiger partial charge in [0, 0.05) is 25.2 Å². The highest BCUT2D eigenvalue weighted by Crippen LogP contribution is 2.30. The van der Waals surface area contributed by atoms with E-state index in [9.17, 15) is 0 Å². The average Bonchev–Trinajstić information content (AvgIpc) is 3.00. The van der Waals surface area contributed by atoms with Crippen LogP contribution < -0.4 is 5.32 Å². The Labute approximate surface area is 95.4 Å². The van der Waals surface area contributed by atoms with Crippen molar-refractivity contribution in [3.05, 3.63) is 0 Å². The molecule has 1 saturated carbocycles. The second-order valence-corrected chi connectivity index (χ2v) is 5.16. The highest BCUT2D eigenvalue weighted by molar-refractivity contribution is 4.81. The van der Waals surface area contributed by atoms with Crippen molar-refractivity contribution in [3.8, 4) is 0 Å². The maximum absolute atomic E-state index is 3.56. The van der Waals surface area contributed by atoms with Gasteiger partial charge in [-0.15, -0.1) is 0 Å². The molecule has 1 rings (SSSR count). The summed E-state index contributed by atoms with van der Waals surface area (Å²) in [5, 5.41) is 3.56. The molecule has 15 heavy (non-hydrogen) atoms. The predicted molar refractivity (Wildman–Crippen MR) is 67.2 cm³/mol. The fraction of sp³-hybridized carbons (Fsp3) is 1.00. The third kappa shape index (κ3) is 4.98. The fourth-order valence-corrected chi connectivity index (χ4v) is 2.07. The van der Waals surface area contributed by atoms with Gasteiger partial charge in [-0.05, 0) is 31.7 Å². The first-order valence-corrected chi connectivity index (χ1v) is 6.64. The lowest BCUT2D eigenvalue weighted by Crippen LogP contribution is -2.44. The Balaban J connectivity index is 2.30. The van der Waals surface area contributed by atoms with Crippen molar-refractivity contribution >= 4 is 0 Å². The van der Waals surface area contributed by atoms with E-state index in [1.54, 1.807) is 0 Å². The zero-order valence-corrected chi connectivity index (χ0v) is 10.9. The van der Waals surface area contributed by atoms with E-state index in [-0.39, 0.29) is 0 Å². The van der Waals surface area contributed by atoms with Gasteiger partial charge in [0.15, 0.2) is 0 Å². The molecule has 0 spiro atoms. The van der Waals surface area contributed by atoms with Crippen LogP contribution in [0, 0.1) is 5.92 Å². The largest absolute Gasteiger partial charge is 0.313 e. The topological polar surface area (TPSA) is 15.3 Å². The molecule has 0 aromatic heterocycles. The number of hydrogen-bond acceptors (Lipinski definition) is 2. The molecule has 0 saturated heterocycles. The molecule has 1 N–H and O–H groups in total. The van der Waals surface area contributed by atoms with Crippen molar-refractivity contribution in [3.63, 3.8) is 0 Å². The summed E-state index contributed by atoms with van der Waals surface area (Å²) in [4.78, 5) is 2.66. The number of nitrogens with one attached hydrogen (secondary N) is 1. The van der Waals surface area contributed by atoms with Crippen LogP contribution in [0.15, 0.2) is 0 Å². The standard InChI is InChI=1S/C13H28N2/c1-5-13(9-14-11(3)4)15(6-2)10-12-7-8-12/h11-14H,5-10H2,1-4H3. The highest BCUT2D eigenvalue weighted by Gasteiger charge is 2.26. The van der Waals surface area contributed by atoms with Gasteiger partial charge in [0.1, 0.15) is 0 Å². The van der Waals surface area contributed by atoms with Crippen molar-refractivity contribution in [1.82, 2.24) is 10.2 Å². The van der Waals surface area contributed by atoms with Gasteiger partial charge in [-0.1, -0.05) is 27.7 Å². The summed E-state index contributed by atoms with van der Waals surface area (Å²) in [6, 6.07) is 1.34. The van der Waals surface area contributed by atoms with Gasteiger partial charge in [0.25, 0.3) is 0 Å². The van der Waals surface area contributed by atoms with E-state index in [4.69, 9.17) is 0 Å². The quantitative estimate of drug-likeness (QED) is 0.665. The molecular weight excluding hydrogens is 184 g/mol. The maximum atomic E-state index is 3.56. The number of likely N-dealkylation sites (N-methyl/N-ethyl adjacent to an activating group) is 1. The molecule has 0 radical (unpaired) electrons. The molecule has 1 fully saturated rings. The van der Waals surface area contributed by atoms with Crippen LogP contribution in [0.1, 0.15) is 47.0 Å². The molecule has 2 nitrogen and oxygen atoms in total. The third-order valence-electron chi connectivity index (χ3n) is 3.35. The summed E-state index contributed by atoms with van der Waals surface area (Å²) >= 11 is 0. The first kappa shape index (κ1) is 13.0. The molecule has 0 aromatic rings. The van der Waals surface area contributed by atoms with Crippen molar-refractivity contribution in [2.24, 2.45) is 5.92 Å². The van der Waals surface area contributed by atoms with Crippen molar-refractivity contribution in [2.75, 3.05) is 19.6 Å². The number of nitrogens with zero attached hydrogens (tertiary/aromatic N) is 1. The van der Waals surface area contributed by atoms with Crippen LogP contribution in [-0.4, -0.2) is 36.6 Å². The minimum atomic E-state index is 0.610. The van der Waals surface area contributed by atoms with E-state index < -0.39 is 0 Å². The average molecular weight is 212 g/mol. The first-order chi connectivity index (χ1) is 7.17. The summed E-state index contributed by atoms with van der Waals surface area (Å²) in [5.74, 6) is 1.01. The Morgan fingerprint density at radius 1 is 1.27 bits per heavy atom. The molecule has 1 unspecified atom stereocenters. The van der Waals surface area contributed by atoms with E-state index in [0.29, 0.717) is 6.04 Å². The van der Waals surface area contributed by atoms with E-state index in [2.05, 4.69) is 37.9 Å². The van der Waals surface area contributed by atoms with Gasteiger partial charge in [-0.25, -0.2) is 0 Å². The molecule has 0 bridgehead atoms. The second-order valence-electron chi connectivity index (χ2n) is 5.16. The van der Waals surface area contributed by atoms with Gasteiger partial charge < -0.3 is 5.32 Å². The van der Waals surface area contributed by atoms with Crippen LogP contribution in [-0.2, 0) is 0 Å². The van der Waals surface area contributed by atoms with Crippen LogP contribution in [0.5, 0.6) is 0 Å². The summed E-state index contributed by atoms with van der Waals surface area (Å²) in [6.45, 7) is 12.7. The maximum Gasteiger partial charge on any atom is 0.0218 e. The smallest absolute Gasteiger partial charge is 0.0218 e. The van der Waals surface area contributed by atoms with E-state index in [1.807, 2.05) is 0 Å². The Bertz CT molecular complexity index is 164. The zero-order chi connectivity index (χ0) is 11.3. The third-order valence-corrected chi connectivity index (χ3v) is 3.35. The molecule has 0 aromatic carbocycles. The monoisotopic (exact) mass is 212 g/mol. The molecular formula is C13H28N2. The second kappa shape index (κ2) is 6.49. The SMILES string of the molecule is CCC(CNC(C)C)N(CC)CC1CC1. The van der Waals surface area contributed by atoms with E-state index in [0.717, 1.165) is 18.5 Å². The fourth-order valence-electron chi connectivity index (χ4n) is 2.07. The molecule has 90 valence electrons. The lowest BCUT2D eigenvalue weighted by Gasteiger charge is -2.31. The molecule has 1 aliphatic rings. The molecule has 0 amide bonds. The van der Waals surface area contributed by atoms with Crippen LogP contribution in [0.25, 0.3) is 0 Å². The molecule has 1 aliphatic carbocycles. The number of hydrogen-bond donors (Lipinski definition) is 1. The van der Waals surface area contributed by atoms with Gasteiger partial charge in [-0.3, -0.25) is 4.90 Å². The van der Waals surface area contributed by atoms with Crippen molar-refractivity contribution in [1.29, 1.82) is 0 Å². The molecule has 1 atom stereocenters. The van der Waals surface area contributed by atoms with E-state index >= 15 is 0 Å². The molecule has 2 heteroatoms. The summed E-state index contributed by atoms with van der Waals surface area (Å²) in [7, 11) is 0. The van der Waals surface area contributed by atoms with Crippen molar-refractivity contribution < 1.29 is 0 Å². The molecule has 0 aliphatic heterocycles. The summed E-state index contributed by atoms with van der Waals surface area (Å²) in [5.41, 5.74) is 0. The summed E-state index contributed by atoms with van der Waals surface area (Å²) in [6.07, 6.45) is 4.19. The van der Waals surface area contributed by atoms with Gasteiger partial charge in [-0.2, -0.15) is 0 Å². The minimum absolute atomic E-state index is 0.610. The Morgan fingerprint density at radius 2 is 1.93 bits per heavy atom. The van der Waals surface area contributed by atoms with Crippen LogP contribution in [0.3, 0.4) is 0 Å². The van der Waals surface area contributed by atoms with Crippen LogP contribution in [0.2, 0.25) is 0 Å². The van der Waals surface area contributed by atoms with E-state index in [1.165, 1.54) is 32.4 Å². The Hall–Kier alpha value is -0.0800. The minimum Gasteiger partial charge on any atom is -0.313 e. The normalized spacial score (nSPS) is 18.8. The van der Waals surface area contributed by atoms with Gasteiger partial charge >= 0.3 is 0 Å². The highest BCUT2D eigenvalue weighted by atomic mass is 15.2. The Kier molecular flexibility index (Phi) is 5.62. The number of rotatable bonds is 8. The molecule has 0 heterocycles. The predicted octanol–water partition coefficient (Wildman–Crippen LogP) is 2.49. The van der Waals surface area contributed by atoms with Gasteiger partial charge in [0.05, 0.1) is 0 Å². The van der Waals surface area contributed by atoms with Crippen LogP contribution in [0.4, 0.5) is 0 Å². The van der Waals surface area contributed by atoms with Crippen LogP contribution >= 0.6 is 0 Å².